The van der Waals surface area contributed by atoms with Crippen LogP contribution in [0.3, 0.4) is 0 Å². The summed E-state index contributed by atoms with van der Waals surface area (Å²) in [5.74, 6) is 0.0211. The lowest BCUT2D eigenvalue weighted by Crippen LogP contribution is -2.55. The van der Waals surface area contributed by atoms with Crippen LogP contribution >= 0.6 is 0 Å². The number of hydrogen-bond acceptors (Lipinski definition) is 4. The summed E-state index contributed by atoms with van der Waals surface area (Å²) >= 11 is 0. The van der Waals surface area contributed by atoms with Crippen molar-refractivity contribution in [1.29, 1.82) is 0 Å². The Morgan fingerprint density at radius 2 is 1.75 bits per heavy atom. The Kier molecular flexibility index (Phi) is 5.32. The zero-order valence-electron chi connectivity index (χ0n) is 14.2. The van der Waals surface area contributed by atoms with Gasteiger partial charge in [0, 0.05) is 32.2 Å². The molecule has 1 saturated heterocycles. The molecule has 8 nitrogen and oxygen atoms in total. The molecule has 1 N–H and O–H groups in total. The normalized spacial score (nSPS) is 20.7. The van der Waals surface area contributed by atoms with Gasteiger partial charge in [-0.1, -0.05) is 19.3 Å². The zero-order chi connectivity index (χ0) is 16.9. The number of piperazine rings is 1. The SMILES string of the molecule is CC(C(=O)N1CCN(C(=O)NC2CCCCC2)CC1)n1cncn1. The maximum absolute atomic E-state index is 12.5. The van der Waals surface area contributed by atoms with E-state index in [2.05, 4.69) is 15.4 Å². The fourth-order valence-electron chi connectivity index (χ4n) is 3.44. The molecule has 2 aliphatic rings. The van der Waals surface area contributed by atoms with Crippen LogP contribution in [0.15, 0.2) is 12.7 Å². The third-order valence-corrected chi connectivity index (χ3v) is 5.00. The van der Waals surface area contributed by atoms with Crippen molar-refractivity contribution in [1.82, 2.24) is 29.9 Å². The summed E-state index contributed by atoms with van der Waals surface area (Å²) in [6.45, 7) is 4.10. The number of carbonyl (C=O) groups excluding carboxylic acids is 2. The molecule has 3 amide bonds. The molecule has 0 radical (unpaired) electrons. The molecule has 1 aromatic heterocycles. The highest BCUT2D eigenvalue weighted by molar-refractivity contribution is 5.80. The first-order valence-electron chi connectivity index (χ1n) is 8.83. The van der Waals surface area contributed by atoms with E-state index in [0.29, 0.717) is 32.2 Å². The number of carbonyl (C=O) groups is 2. The van der Waals surface area contributed by atoms with E-state index in [1.807, 2.05) is 11.8 Å². The lowest BCUT2D eigenvalue weighted by Gasteiger charge is -2.36. The van der Waals surface area contributed by atoms with Gasteiger partial charge in [-0.25, -0.2) is 14.5 Å². The van der Waals surface area contributed by atoms with E-state index in [9.17, 15) is 9.59 Å². The van der Waals surface area contributed by atoms with Crippen LogP contribution in [0.25, 0.3) is 0 Å². The van der Waals surface area contributed by atoms with Crippen molar-refractivity contribution in [3.05, 3.63) is 12.7 Å². The summed E-state index contributed by atoms with van der Waals surface area (Å²) in [6, 6.07) is -0.0355. The van der Waals surface area contributed by atoms with Gasteiger partial charge in [-0.3, -0.25) is 4.79 Å². The van der Waals surface area contributed by atoms with Crippen LogP contribution in [0.4, 0.5) is 4.79 Å². The Labute approximate surface area is 142 Å². The van der Waals surface area contributed by atoms with Gasteiger partial charge in [0.2, 0.25) is 5.91 Å². The highest BCUT2D eigenvalue weighted by Crippen LogP contribution is 2.18. The third kappa shape index (κ3) is 3.85. The average Bonchev–Trinajstić information content (AvgIpc) is 3.16. The molecule has 2 heterocycles. The topological polar surface area (TPSA) is 83.4 Å². The van der Waals surface area contributed by atoms with Gasteiger partial charge >= 0.3 is 6.03 Å². The molecule has 1 atom stereocenters. The van der Waals surface area contributed by atoms with Crippen molar-refractivity contribution in [2.24, 2.45) is 0 Å². The quantitative estimate of drug-likeness (QED) is 0.895. The molecule has 2 fully saturated rings. The first-order chi connectivity index (χ1) is 11.6. The van der Waals surface area contributed by atoms with Crippen LogP contribution in [0.2, 0.25) is 0 Å². The van der Waals surface area contributed by atoms with Crippen molar-refractivity contribution in [3.63, 3.8) is 0 Å². The Bertz CT molecular complexity index is 547. The zero-order valence-corrected chi connectivity index (χ0v) is 14.2. The number of rotatable bonds is 3. The van der Waals surface area contributed by atoms with E-state index >= 15 is 0 Å². The second kappa shape index (κ2) is 7.63. The molecule has 3 rings (SSSR count). The average molecular weight is 334 g/mol. The van der Waals surface area contributed by atoms with E-state index in [4.69, 9.17) is 0 Å². The van der Waals surface area contributed by atoms with Crippen molar-refractivity contribution in [2.45, 2.75) is 51.1 Å². The Morgan fingerprint density at radius 1 is 1.08 bits per heavy atom. The number of nitrogens with zero attached hydrogens (tertiary/aromatic N) is 5. The second-order valence-electron chi connectivity index (χ2n) is 6.65. The summed E-state index contributed by atoms with van der Waals surface area (Å²) in [4.78, 5) is 32.4. The largest absolute Gasteiger partial charge is 0.337 e. The molecule has 132 valence electrons. The number of nitrogens with one attached hydrogen (secondary N) is 1. The first kappa shape index (κ1) is 16.7. The monoisotopic (exact) mass is 334 g/mol. The molecule has 1 unspecified atom stereocenters. The number of hydrogen-bond donors (Lipinski definition) is 1. The van der Waals surface area contributed by atoms with Gasteiger partial charge in [0.1, 0.15) is 18.7 Å². The Hall–Kier alpha value is -2.12. The summed E-state index contributed by atoms with van der Waals surface area (Å²) in [6.07, 6.45) is 8.82. The minimum atomic E-state index is -0.366. The van der Waals surface area contributed by atoms with Gasteiger partial charge in [-0.2, -0.15) is 5.10 Å². The molecule has 1 aliphatic carbocycles. The van der Waals surface area contributed by atoms with Gasteiger partial charge in [0.05, 0.1) is 0 Å². The van der Waals surface area contributed by atoms with Gasteiger partial charge in [0.25, 0.3) is 0 Å². The third-order valence-electron chi connectivity index (χ3n) is 5.00. The van der Waals surface area contributed by atoms with Gasteiger partial charge in [-0.15, -0.1) is 0 Å². The van der Waals surface area contributed by atoms with E-state index in [0.717, 1.165) is 12.8 Å². The highest BCUT2D eigenvalue weighted by atomic mass is 16.2. The highest BCUT2D eigenvalue weighted by Gasteiger charge is 2.28. The molecular formula is C16H26N6O2. The van der Waals surface area contributed by atoms with Crippen LogP contribution in [0.1, 0.15) is 45.1 Å². The molecule has 0 bridgehead atoms. The molecule has 1 saturated carbocycles. The summed E-state index contributed by atoms with van der Waals surface area (Å²) < 4.78 is 1.56. The van der Waals surface area contributed by atoms with Crippen molar-refractivity contribution in [2.75, 3.05) is 26.2 Å². The molecule has 0 aromatic carbocycles. The number of aromatic nitrogens is 3. The molecule has 0 spiro atoms. The van der Waals surface area contributed by atoms with E-state index < -0.39 is 0 Å². The van der Waals surface area contributed by atoms with Crippen LogP contribution in [0.5, 0.6) is 0 Å². The lowest BCUT2D eigenvalue weighted by molar-refractivity contribution is -0.136. The van der Waals surface area contributed by atoms with Crippen LogP contribution in [0, 0.1) is 0 Å². The maximum atomic E-state index is 12.5. The van der Waals surface area contributed by atoms with E-state index in [-0.39, 0.29) is 18.0 Å². The lowest BCUT2D eigenvalue weighted by atomic mass is 9.96. The molecule has 1 aromatic rings. The van der Waals surface area contributed by atoms with Gasteiger partial charge in [0.15, 0.2) is 0 Å². The minimum Gasteiger partial charge on any atom is -0.337 e. The standard InChI is InChI=1S/C16H26N6O2/c1-13(22-12-17-11-18-22)15(23)20-7-9-21(10-8-20)16(24)19-14-5-3-2-4-6-14/h11-14H,2-10H2,1H3,(H,19,24). The van der Waals surface area contributed by atoms with Crippen molar-refractivity contribution < 1.29 is 9.59 Å². The van der Waals surface area contributed by atoms with Gasteiger partial charge in [-0.05, 0) is 19.8 Å². The first-order valence-corrected chi connectivity index (χ1v) is 8.83. The summed E-state index contributed by atoms with van der Waals surface area (Å²) in [7, 11) is 0. The number of urea groups is 1. The van der Waals surface area contributed by atoms with E-state index in [1.54, 1.807) is 15.9 Å². The Balaban J connectivity index is 1.46. The summed E-state index contributed by atoms with van der Waals surface area (Å²) in [5.41, 5.74) is 0. The second-order valence-corrected chi connectivity index (χ2v) is 6.65. The van der Waals surface area contributed by atoms with Crippen LogP contribution in [-0.4, -0.2) is 68.7 Å². The smallest absolute Gasteiger partial charge is 0.317 e. The number of amides is 3. The van der Waals surface area contributed by atoms with Crippen LogP contribution < -0.4 is 5.32 Å². The van der Waals surface area contributed by atoms with Crippen LogP contribution in [-0.2, 0) is 4.79 Å². The molecular weight excluding hydrogens is 308 g/mol. The Morgan fingerprint density at radius 3 is 2.38 bits per heavy atom. The minimum absolute atomic E-state index is 0.0123. The van der Waals surface area contributed by atoms with Crippen molar-refractivity contribution >= 4 is 11.9 Å². The fraction of sp³-hybridized carbons (Fsp3) is 0.750. The maximum Gasteiger partial charge on any atom is 0.317 e. The predicted molar refractivity (Wildman–Crippen MR) is 88.3 cm³/mol. The summed E-state index contributed by atoms with van der Waals surface area (Å²) in [5, 5.41) is 7.16. The van der Waals surface area contributed by atoms with Gasteiger partial charge < -0.3 is 15.1 Å². The molecule has 8 heteroatoms. The predicted octanol–water partition coefficient (Wildman–Crippen LogP) is 1.03. The van der Waals surface area contributed by atoms with E-state index in [1.165, 1.54) is 25.6 Å². The molecule has 1 aliphatic heterocycles. The van der Waals surface area contributed by atoms with Crippen molar-refractivity contribution in [3.8, 4) is 0 Å². The fourth-order valence-corrected chi connectivity index (χ4v) is 3.44. The molecule has 24 heavy (non-hydrogen) atoms.